The van der Waals surface area contributed by atoms with Crippen molar-refractivity contribution in [1.82, 2.24) is 10.6 Å². The zero-order valence-electron chi connectivity index (χ0n) is 24.1. The molecule has 0 saturated heterocycles. The van der Waals surface area contributed by atoms with Gasteiger partial charge in [-0.05, 0) is 72.3 Å². The first-order valence-corrected chi connectivity index (χ1v) is 14.9. The number of rotatable bonds is 10. The van der Waals surface area contributed by atoms with E-state index in [9.17, 15) is 29.3 Å². The van der Waals surface area contributed by atoms with Gasteiger partial charge in [-0.3, -0.25) is 29.3 Å². The molecule has 0 unspecified atom stereocenters. The van der Waals surface area contributed by atoms with Crippen LogP contribution in [0.2, 0.25) is 0 Å². The van der Waals surface area contributed by atoms with Gasteiger partial charge in [-0.1, -0.05) is 36.4 Å². The molecule has 0 aromatic heterocycles. The van der Waals surface area contributed by atoms with E-state index < -0.39 is 16.7 Å². The average Bonchev–Trinajstić information content (AvgIpc) is 3.44. The number of non-ortho nitro benzene ring substituents is 1. The molecule has 1 aliphatic heterocycles. The van der Waals surface area contributed by atoms with Crippen molar-refractivity contribution in [2.45, 2.75) is 11.3 Å². The van der Waals surface area contributed by atoms with Gasteiger partial charge in [0.2, 0.25) is 5.91 Å². The fourth-order valence-corrected chi connectivity index (χ4v) is 4.95. The largest absolute Gasteiger partial charge is 0.321 e. The van der Waals surface area contributed by atoms with Gasteiger partial charge in [0.1, 0.15) is 11.5 Å². The van der Waals surface area contributed by atoms with Gasteiger partial charge in [0.25, 0.3) is 23.4 Å². The first-order valence-electron chi connectivity index (χ1n) is 13.9. The summed E-state index contributed by atoms with van der Waals surface area (Å²) in [6, 6.07) is 29.6. The number of hydrazone groups is 1. The van der Waals surface area contributed by atoms with E-state index in [1.165, 1.54) is 47.1 Å². The molecule has 0 radical (unpaired) electrons. The quantitative estimate of drug-likeness (QED) is 0.0961. The smallest absolute Gasteiger partial charge is 0.272 e. The Morgan fingerprint density at radius 3 is 2.17 bits per heavy atom. The van der Waals surface area contributed by atoms with Gasteiger partial charge in [-0.2, -0.15) is 10.1 Å². The summed E-state index contributed by atoms with van der Waals surface area (Å²) < 4.78 is 0. The average molecular weight is 635 g/mol. The van der Waals surface area contributed by atoms with Crippen molar-refractivity contribution in [3.63, 3.8) is 0 Å². The van der Waals surface area contributed by atoms with Crippen molar-refractivity contribution < 1.29 is 24.1 Å². The molecule has 0 aliphatic carbocycles. The van der Waals surface area contributed by atoms with Crippen LogP contribution < -0.4 is 21.0 Å². The number of carbonyl (C=O) groups excluding carboxylic acids is 4. The van der Waals surface area contributed by atoms with E-state index in [0.717, 1.165) is 4.90 Å². The molecular formula is C33H26N6O6S. The molecule has 5 rings (SSSR count). The van der Waals surface area contributed by atoms with E-state index in [1.54, 1.807) is 78.9 Å². The van der Waals surface area contributed by atoms with Crippen LogP contribution >= 0.6 is 11.8 Å². The van der Waals surface area contributed by atoms with E-state index in [1.807, 2.05) is 6.07 Å². The monoisotopic (exact) mass is 634 g/mol. The summed E-state index contributed by atoms with van der Waals surface area (Å²) in [6.07, 6.45) is 1.41. The topological polar surface area (TPSA) is 163 Å². The number of para-hydroxylation sites is 1. The van der Waals surface area contributed by atoms with E-state index in [4.69, 9.17) is 0 Å². The van der Waals surface area contributed by atoms with E-state index in [0.29, 0.717) is 22.5 Å². The van der Waals surface area contributed by atoms with Crippen LogP contribution in [0.3, 0.4) is 0 Å². The second-order valence-corrected chi connectivity index (χ2v) is 10.9. The number of benzene rings is 4. The SMILES string of the molecule is O=C(CSc1ccc(NC(=O)/C(=C/c2ccc([N+](=O)[O-])cc2)NC(=O)c2ccccc2)cc1)NC1=NN(c2ccccc2)C(=O)C1. The van der Waals surface area contributed by atoms with Gasteiger partial charge in [0.15, 0.2) is 0 Å². The fourth-order valence-electron chi connectivity index (χ4n) is 4.25. The van der Waals surface area contributed by atoms with Crippen LogP contribution in [0, 0.1) is 10.1 Å². The van der Waals surface area contributed by atoms with Gasteiger partial charge >= 0.3 is 0 Å². The molecule has 0 atom stereocenters. The number of carbonyl (C=O) groups is 4. The minimum absolute atomic E-state index is 0.00781. The maximum atomic E-state index is 13.3. The number of hydrogen-bond acceptors (Lipinski definition) is 8. The standard InChI is InChI=1S/C33H26N6O6S/c40-30(36-29-20-31(41)38(37-29)25-9-5-2-6-10-25)21-46-27-17-13-24(14-18-27)34-33(43)28(35-32(42)23-7-3-1-4-8-23)19-22-11-15-26(16-12-22)39(44)45/h1-19H,20-21H2,(H,34,43)(H,35,42)(H,36,37,40)/b28-19-. The lowest BCUT2D eigenvalue weighted by atomic mass is 10.1. The highest BCUT2D eigenvalue weighted by Crippen LogP contribution is 2.22. The van der Waals surface area contributed by atoms with Crippen LogP contribution in [0.5, 0.6) is 0 Å². The molecule has 230 valence electrons. The molecule has 1 heterocycles. The third kappa shape index (κ3) is 8.30. The van der Waals surface area contributed by atoms with Crippen molar-refractivity contribution >= 4 is 64.4 Å². The molecule has 1 aliphatic rings. The molecule has 4 amide bonds. The number of thioether (sulfide) groups is 1. The van der Waals surface area contributed by atoms with Gasteiger partial charge in [-0.25, -0.2) is 0 Å². The van der Waals surface area contributed by atoms with Gasteiger partial charge < -0.3 is 16.0 Å². The Labute approximate surface area is 267 Å². The van der Waals surface area contributed by atoms with E-state index in [-0.39, 0.29) is 41.2 Å². The number of nitrogens with one attached hydrogen (secondary N) is 3. The Balaban J connectivity index is 1.20. The summed E-state index contributed by atoms with van der Waals surface area (Å²) in [5, 5.41) is 24.5. The number of anilines is 2. The predicted octanol–water partition coefficient (Wildman–Crippen LogP) is 4.96. The summed E-state index contributed by atoms with van der Waals surface area (Å²) in [6.45, 7) is 0. The van der Waals surface area contributed by atoms with Gasteiger partial charge in [-0.15, -0.1) is 11.8 Å². The number of hydrogen-bond donors (Lipinski definition) is 3. The number of amidine groups is 1. The number of nitro groups is 1. The van der Waals surface area contributed by atoms with Crippen LogP contribution in [-0.4, -0.2) is 40.1 Å². The van der Waals surface area contributed by atoms with Crippen molar-refractivity contribution in [3.05, 3.63) is 136 Å². The van der Waals surface area contributed by atoms with Crippen molar-refractivity contribution in [2.75, 3.05) is 16.1 Å². The lowest BCUT2D eigenvalue weighted by Crippen LogP contribution is -2.31. The lowest BCUT2D eigenvalue weighted by molar-refractivity contribution is -0.384. The number of amides is 4. The third-order valence-electron chi connectivity index (χ3n) is 6.49. The molecule has 0 spiro atoms. The molecule has 0 saturated carbocycles. The maximum Gasteiger partial charge on any atom is 0.272 e. The lowest BCUT2D eigenvalue weighted by Gasteiger charge is -2.12. The Morgan fingerprint density at radius 2 is 1.52 bits per heavy atom. The maximum absolute atomic E-state index is 13.3. The minimum Gasteiger partial charge on any atom is -0.321 e. The zero-order valence-corrected chi connectivity index (χ0v) is 24.9. The van der Waals surface area contributed by atoms with Crippen LogP contribution in [0.15, 0.2) is 125 Å². The fraction of sp³-hybridized carbons (Fsp3) is 0.0606. The Bertz CT molecular complexity index is 1830. The summed E-state index contributed by atoms with van der Waals surface area (Å²) in [5.41, 5.74) is 1.68. The Hall–Kier alpha value is -6.08. The zero-order chi connectivity index (χ0) is 32.5. The summed E-state index contributed by atoms with van der Waals surface area (Å²) in [7, 11) is 0. The van der Waals surface area contributed by atoms with Crippen LogP contribution in [0.25, 0.3) is 6.08 Å². The van der Waals surface area contributed by atoms with Gasteiger partial charge in [0.05, 0.1) is 22.8 Å². The highest BCUT2D eigenvalue weighted by molar-refractivity contribution is 8.00. The summed E-state index contributed by atoms with van der Waals surface area (Å²) in [4.78, 5) is 62.2. The number of nitro benzene ring substituents is 1. The summed E-state index contributed by atoms with van der Waals surface area (Å²) in [5.74, 6) is -1.34. The predicted molar refractivity (Wildman–Crippen MR) is 175 cm³/mol. The Kier molecular flexibility index (Phi) is 9.95. The van der Waals surface area contributed by atoms with Crippen LogP contribution in [0.4, 0.5) is 17.1 Å². The summed E-state index contributed by atoms with van der Waals surface area (Å²) >= 11 is 1.26. The molecule has 46 heavy (non-hydrogen) atoms. The second kappa shape index (κ2) is 14.6. The number of nitrogens with zero attached hydrogens (tertiary/aromatic N) is 3. The molecular weight excluding hydrogens is 608 g/mol. The van der Waals surface area contributed by atoms with E-state index >= 15 is 0 Å². The van der Waals surface area contributed by atoms with Crippen LogP contribution in [0.1, 0.15) is 22.3 Å². The van der Waals surface area contributed by atoms with Crippen molar-refractivity contribution in [1.29, 1.82) is 0 Å². The first kappa shape index (κ1) is 31.3. The third-order valence-corrected chi connectivity index (χ3v) is 7.50. The van der Waals surface area contributed by atoms with Crippen molar-refractivity contribution in [2.24, 2.45) is 5.10 Å². The normalized spacial score (nSPS) is 12.7. The highest BCUT2D eigenvalue weighted by atomic mass is 32.2. The molecule has 0 fully saturated rings. The molecule has 4 aromatic carbocycles. The highest BCUT2D eigenvalue weighted by Gasteiger charge is 2.26. The molecule has 3 N–H and O–H groups in total. The minimum atomic E-state index is -0.612. The molecule has 13 heteroatoms. The van der Waals surface area contributed by atoms with Crippen LogP contribution in [-0.2, 0) is 14.4 Å². The van der Waals surface area contributed by atoms with E-state index in [2.05, 4.69) is 21.1 Å². The second-order valence-electron chi connectivity index (χ2n) is 9.81. The van der Waals surface area contributed by atoms with Crippen molar-refractivity contribution in [3.8, 4) is 0 Å². The molecule has 12 nitrogen and oxygen atoms in total. The Morgan fingerprint density at radius 1 is 0.870 bits per heavy atom. The van der Waals surface area contributed by atoms with Gasteiger partial charge in [0, 0.05) is 28.3 Å². The first-order chi connectivity index (χ1) is 22.2. The molecule has 0 bridgehead atoms. The molecule has 4 aromatic rings.